The Hall–Kier alpha value is -2.83. The molecule has 0 spiro atoms. The lowest BCUT2D eigenvalue weighted by Gasteiger charge is -2.11. The Labute approximate surface area is 181 Å². The molecule has 29 heavy (non-hydrogen) atoms. The fraction of sp³-hybridized carbons (Fsp3) is 0.0909. The lowest BCUT2D eigenvalue weighted by molar-refractivity contribution is -0.113. The van der Waals surface area contributed by atoms with Crippen LogP contribution in [0.5, 0.6) is 0 Å². The molecule has 1 aliphatic rings. The molecule has 0 aliphatic carbocycles. The average Bonchev–Trinajstić information content (AvgIpc) is 3.12. The summed E-state index contributed by atoms with van der Waals surface area (Å²) in [5, 5.41) is 3.21. The topological polar surface area (TPSA) is 54.3 Å². The van der Waals surface area contributed by atoms with E-state index in [1.807, 2.05) is 44.2 Å². The van der Waals surface area contributed by atoms with Crippen LogP contribution in [0.1, 0.15) is 17.0 Å². The summed E-state index contributed by atoms with van der Waals surface area (Å²) >= 11 is 9.35. The Kier molecular flexibility index (Phi) is 5.06. The SMILES string of the molecule is Cc1cc(/C=C2\NC(=O)N(c3ccc(Cl)cc3)C2=O)c(C)n1-c1ccc(Br)cc1. The fourth-order valence-electron chi connectivity index (χ4n) is 3.44. The molecule has 3 aromatic rings. The lowest BCUT2D eigenvalue weighted by Crippen LogP contribution is -2.30. The number of halogens is 2. The summed E-state index contributed by atoms with van der Waals surface area (Å²) in [5.74, 6) is -0.397. The summed E-state index contributed by atoms with van der Waals surface area (Å²) in [7, 11) is 0. The molecule has 1 N–H and O–H groups in total. The van der Waals surface area contributed by atoms with Crippen molar-refractivity contribution in [3.05, 3.63) is 86.7 Å². The van der Waals surface area contributed by atoms with Gasteiger partial charge >= 0.3 is 6.03 Å². The third-order valence-electron chi connectivity index (χ3n) is 4.82. The maximum atomic E-state index is 12.8. The number of hydrogen-bond donors (Lipinski definition) is 1. The molecule has 0 radical (unpaired) electrons. The molecule has 1 aromatic heterocycles. The van der Waals surface area contributed by atoms with Crippen LogP contribution in [0.2, 0.25) is 5.02 Å². The molecule has 2 heterocycles. The largest absolute Gasteiger partial charge is 0.333 e. The van der Waals surface area contributed by atoms with Gasteiger partial charge in [0.1, 0.15) is 5.70 Å². The molecule has 146 valence electrons. The third-order valence-corrected chi connectivity index (χ3v) is 5.60. The van der Waals surface area contributed by atoms with E-state index < -0.39 is 11.9 Å². The zero-order valence-electron chi connectivity index (χ0n) is 15.7. The number of imide groups is 1. The predicted octanol–water partition coefficient (Wildman–Crippen LogP) is 5.61. The number of nitrogens with one attached hydrogen (secondary N) is 1. The van der Waals surface area contributed by atoms with Crippen LogP contribution in [0.15, 0.2) is 64.8 Å². The molecule has 1 fully saturated rings. The zero-order chi connectivity index (χ0) is 20.7. The molecule has 0 saturated carbocycles. The number of amides is 3. The smallest absolute Gasteiger partial charge is 0.318 e. The van der Waals surface area contributed by atoms with E-state index >= 15 is 0 Å². The summed E-state index contributed by atoms with van der Waals surface area (Å²) in [6, 6.07) is 16.1. The fourth-order valence-corrected chi connectivity index (χ4v) is 3.83. The molecule has 4 rings (SSSR count). The van der Waals surface area contributed by atoms with Gasteiger partial charge in [-0.05, 0) is 80.1 Å². The standard InChI is InChI=1S/C22H17BrClN3O2/c1-13-11-15(14(2)26(13)18-7-3-16(23)4-8-18)12-20-21(28)27(22(29)25-20)19-9-5-17(24)6-10-19/h3-12H,1-2H3,(H,25,29)/b20-12-. The highest BCUT2D eigenvalue weighted by Crippen LogP contribution is 2.27. The first-order chi connectivity index (χ1) is 13.8. The quantitative estimate of drug-likeness (QED) is 0.400. The third kappa shape index (κ3) is 3.61. The number of anilines is 1. The highest BCUT2D eigenvalue weighted by molar-refractivity contribution is 9.10. The number of carbonyl (C=O) groups excluding carboxylic acids is 2. The van der Waals surface area contributed by atoms with Gasteiger partial charge in [-0.2, -0.15) is 0 Å². The number of carbonyl (C=O) groups is 2. The molecule has 3 amide bonds. The van der Waals surface area contributed by atoms with Crippen molar-refractivity contribution in [3.63, 3.8) is 0 Å². The summed E-state index contributed by atoms with van der Waals surface area (Å²) < 4.78 is 3.12. The van der Waals surface area contributed by atoms with E-state index in [2.05, 4.69) is 25.8 Å². The summed E-state index contributed by atoms with van der Waals surface area (Å²) in [5.41, 5.74) is 4.61. The van der Waals surface area contributed by atoms with E-state index in [9.17, 15) is 9.59 Å². The number of aryl methyl sites for hydroxylation is 1. The Morgan fingerprint density at radius 1 is 0.966 bits per heavy atom. The van der Waals surface area contributed by atoms with Crippen LogP contribution in [0, 0.1) is 13.8 Å². The number of rotatable bonds is 3. The van der Waals surface area contributed by atoms with Gasteiger partial charge in [0.25, 0.3) is 5.91 Å². The molecule has 1 aliphatic heterocycles. The van der Waals surface area contributed by atoms with Gasteiger partial charge < -0.3 is 9.88 Å². The first-order valence-electron chi connectivity index (χ1n) is 8.93. The van der Waals surface area contributed by atoms with Crippen molar-refractivity contribution in [2.45, 2.75) is 13.8 Å². The minimum Gasteiger partial charge on any atom is -0.318 e. The van der Waals surface area contributed by atoms with Crippen molar-refractivity contribution in [3.8, 4) is 5.69 Å². The van der Waals surface area contributed by atoms with E-state index in [0.29, 0.717) is 10.7 Å². The lowest BCUT2D eigenvalue weighted by atomic mass is 10.2. The van der Waals surface area contributed by atoms with Crippen LogP contribution in [-0.4, -0.2) is 16.5 Å². The second-order valence-corrected chi connectivity index (χ2v) is 8.10. The Balaban J connectivity index is 1.69. The van der Waals surface area contributed by atoms with Crippen LogP contribution in [-0.2, 0) is 4.79 Å². The van der Waals surface area contributed by atoms with Gasteiger partial charge in [-0.3, -0.25) is 4.79 Å². The van der Waals surface area contributed by atoms with Crippen molar-refractivity contribution >= 4 is 51.2 Å². The van der Waals surface area contributed by atoms with Gasteiger partial charge in [0.2, 0.25) is 0 Å². The number of nitrogens with zero attached hydrogens (tertiary/aromatic N) is 2. The molecule has 0 unspecified atom stereocenters. The van der Waals surface area contributed by atoms with Crippen LogP contribution in [0.3, 0.4) is 0 Å². The van der Waals surface area contributed by atoms with Crippen molar-refractivity contribution in [1.29, 1.82) is 0 Å². The summed E-state index contributed by atoms with van der Waals surface area (Å²) in [6.07, 6.45) is 1.72. The minimum atomic E-state index is -0.481. The van der Waals surface area contributed by atoms with Crippen molar-refractivity contribution in [1.82, 2.24) is 9.88 Å². The number of hydrogen-bond acceptors (Lipinski definition) is 2. The van der Waals surface area contributed by atoms with E-state index in [1.54, 1.807) is 30.3 Å². The number of aromatic nitrogens is 1. The van der Waals surface area contributed by atoms with Crippen LogP contribution >= 0.6 is 27.5 Å². The first kappa shape index (κ1) is 19.5. The maximum absolute atomic E-state index is 12.8. The molecular formula is C22H17BrClN3O2. The second-order valence-electron chi connectivity index (χ2n) is 6.74. The Morgan fingerprint density at radius 2 is 1.59 bits per heavy atom. The molecule has 0 atom stereocenters. The summed E-state index contributed by atoms with van der Waals surface area (Å²) in [4.78, 5) is 26.3. The highest BCUT2D eigenvalue weighted by atomic mass is 79.9. The van der Waals surface area contributed by atoms with Gasteiger partial charge in [0, 0.05) is 26.6 Å². The van der Waals surface area contributed by atoms with Gasteiger partial charge in [0.05, 0.1) is 5.69 Å². The first-order valence-corrected chi connectivity index (χ1v) is 10.1. The second kappa shape index (κ2) is 7.54. The van der Waals surface area contributed by atoms with Gasteiger partial charge in [-0.15, -0.1) is 0 Å². The Bertz CT molecular complexity index is 1150. The number of urea groups is 1. The van der Waals surface area contributed by atoms with E-state index in [1.165, 1.54) is 0 Å². The van der Waals surface area contributed by atoms with Crippen molar-refractivity contribution in [2.24, 2.45) is 0 Å². The predicted molar refractivity (Wildman–Crippen MR) is 118 cm³/mol. The van der Waals surface area contributed by atoms with Crippen molar-refractivity contribution in [2.75, 3.05) is 4.90 Å². The molecule has 2 aromatic carbocycles. The maximum Gasteiger partial charge on any atom is 0.333 e. The average molecular weight is 471 g/mol. The van der Waals surface area contributed by atoms with Gasteiger partial charge in [-0.25, -0.2) is 9.69 Å². The highest BCUT2D eigenvalue weighted by Gasteiger charge is 2.35. The normalized spacial score (nSPS) is 15.3. The zero-order valence-corrected chi connectivity index (χ0v) is 18.1. The van der Waals surface area contributed by atoms with E-state index in [4.69, 9.17) is 11.6 Å². The van der Waals surface area contributed by atoms with E-state index in [-0.39, 0.29) is 5.70 Å². The van der Waals surface area contributed by atoms with Crippen molar-refractivity contribution < 1.29 is 9.59 Å². The molecule has 0 bridgehead atoms. The molecular weight excluding hydrogens is 454 g/mol. The van der Waals surface area contributed by atoms with Gasteiger partial charge in [0.15, 0.2) is 0 Å². The molecule has 5 nitrogen and oxygen atoms in total. The Morgan fingerprint density at radius 3 is 2.24 bits per heavy atom. The molecule has 7 heteroatoms. The van der Waals surface area contributed by atoms with Crippen LogP contribution in [0.4, 0.5) is 10.5 Å². The van der Waals surface area contributed by atoms with Crippen LogP contribution < -0.4 is 10.2 Å². The van der Waals surface area contributed by atoms with Crippen LogP contribution in [0.25, 0.3) is 11.8 Å². The van der Waals surface area contributed by atoms with Gasteiger partial charge in [-0.1, -0.05) is 27.5 Å². The summed E-state index contributed by atoms with van der Waals surface area (Å²) in [6.45, 7) is 3.99. The van der Waals surface area contributed by atoms with E-state index in [0.717, 1.165) is 32.0 Å². The molecule has 1 saturated heterocycles. The minimum absolute atomic E-state index is 0.237. The number of benzene rings is 2. The monoisotopic (exact) mass is 469 g/mol.